The maximum absolute atomic E-state index is 14.0. The van der Waals surface area contributed by atoms with E-state index in [0.29, 0.717) is 25.3 Å². The van der Waals surface area contributed by atoms with Crippen molar-refractivity contribution in [3.63, 3.8) is 0 Å². The van der Waals surface area contributed by atoms with Crippen LogP contribution >= 0.6 is 0 Å². The second-order valence-corrected chi connectivity index (χ2v) is 8.06. The van der Waals surface area contributed by atoms with Gasteiger partial charge >= 0.3 is 0 Å². The molecule has 0 spiro atoms. The molecule has 0 amide bonds. The molecule has 160 valence electrons. The van der Waals surface area contributed by atoms with E-state index in [-0.39, 0.29) is 11.9 Å². The van der Waals surface area contributed by atoms with Crippen LogP contribution in [0.1, 0.15) is 24.6 Å². The van der Waals surface area contributed by atoms with Crippen molar-refractivity contribution in [1.29, 1.82) is 0 Å². The van der Waals surface area contributed by atoms with Gasteiger partial charge in [0, 0.05) is 31.2 Å². The van der Waals surface area contributed by atoms with Crippen LogP contribution in [0.3, 0.4) is 0 Å². The number of aromatic amines is 2. The maximum Gasteiger partial charge on any atom is 0.165 e. The Kier molecular flexibility index (Phi) is 4.95. The van der Waals surface area contributed by atoms with E-state index in [9.17, 15) is 14.6 Å². The van der Waals surface area contributed by atoms with Crippen LogP contribution in [0.2, 0.25) is 0 Å². The molecule has 1 aliphatic heterocycles. The minimum Gasteiger partial charge on any atom is -0.505 e. The number of aromatic nitrogens is 4. The van der Waals surface area contributed by atoms with Crippen molar-refractivity contribution in [2.24, 2.45) is 0 Å². The highest BCUT2D eigenvalue weighted by Crippen LogP contribution is 2.33. The van der Waals surface area contributed by atoms with Gasteiger partial charge in [0.15, 0.2) is 17.4 Å². The van der Waals surface area contributed by atoms with Gasteiger partial charge in [-0.2, -0.15) is 5.10 Å². The summed E-state index contributed by atoms with van der Waals surface area (Å²) < 4.78 is 14.0. The third kappa shape index (κ3) is 3.68. The number of halogens is 1. The molecular weight excluding hydrogens is 397 g/mol. The van der Waals surface area contributed by atoms with E-state index in [1.807, 2.05) is 31.3 Å². The number of H-pyrrole nitrogens is 2. The normalized spacial score (nSPS) is 17.1. The summed E-state index contributed by atoms with van der Waals surface area (Å²) in [6.07, 6.45) is 3.10. The van der Waals surface area contributed by atoms with E-state index in [1.165, 1.54) is 12.1 Å². The Morgan fingerprint density at radius 1 is 1.26 bits per heavy atom. The summed E-state index contributed by atoms with van der Waals surface area (Å²) in [5, 5.41) is 27.8. The van der Waals surface area contributed by atoms with Gasteiger partial charge in [-0.15, -0.1) is 0 Å². The second kappa shape index (κ2) is 7.79. The van der Waals surface area contributed by atoms with Crippen molar-refractivity contribution in [2.75, 3.05) is 13.1 Å². The van der Waals surface area contributed by atoms with Crippen molar-refractivity contribution < 1.29 is 14.6 Å². The fourth-order valence-corrected chi connectivity index (χ4v) is 4.28. The largest absolute Gasteiger partial charge is 0.505 e. The summed E-state index contributed by atoms with van der Waals surface area (Å²) in [7, 11) is 0. The molecule has 7 nitrogen and oxygen atoms in total. The standard InChI is InChI=1S/C23H24FN5O2/c1-2-13-8-21(31)19(24)9-18(13)14-3-4-17-20(7-14)27-28-22(17)23-25-10-15(26-23)11-29-6-5-16(30)12-29/h3-4,7-10,16,30-31H,2,5-6,11-12H2,1H3,(H,25,26)(H,27,28)/t16-/m0/s1. The number of fused-ring (bicyclic) bond motifs is 1. The molecule has 8 heteroatoms. The summed E-state index contributed by atoms with van der Waals surface area (Å²) in [5.74, 6) is -0.285. The number of nitrogens with one attached hydrogen (secondary N) is 2. The Labute approximate surface area is 178 Å². The van der Waals surface area contributed by atoms with E-state index < -0.39 is 5.82 Å². The van der Waals surface area contributed by atoms with Crippen LogP contribution in [-0.2, 0) is 13.0 Å². The van der Waals surface area contributed by atoms with Gasteiger partial charge in [-0.3, -0.25) is 10.00 Å². The molecule has 1 fully saturated rings. The van der Waals surface area contributed by atoms with E-state index >= 15 is 0 Å². The molecule has 5 rings (SSSR count). The molecule has 4 N–H and O–H groups in total. The zero-order chi connectivity index (χ0) is 21.5. The molecule has 1 saturated heterocycles. The molecular formula is C23H24FN5O2. The minimum atomic E-state index is -0.633. The summed E-state index contributed by atoms with van der Waals surface area (Å²) in [6.45, 7) is 4.20. The number of phenolic OH excluding ortho intramolecular Hbond substituents is 1. The first-order valence-corrected chi connectivity index (χ1v) is 10.5. The van der Waals surface area contributed by atoms with Crippen LogP contribution in [0.15, 0.2) is 36.5 Å². The SMILES string of the molecule is CCc1cc(O)c(F)cc1-c1ccc2c(-c3nc(CN4CC[C@H](O)C4)c[nH]3)n[nH]c2c1. The van der Waals surface area contributed by atoms with E-state index in [4.69, 9.17) is 0 Å². The Bertz CT molecular complexity index is 1250. The lowest BCUT2D eigenvalue weighted by Crippen LogP contribution is -2.21. The number of hydrogen-bond acceptors (Lipinski definition) is 5. The number of benzene rings is 2. The summed E-state index contributed by atoms with van der Waals surface area (Å²) >= 11 is 0. The van der Waals surface area contributed by atoms with Crippen LogP contribution in [0.25, 0.3) is 33.5 Å². The Hall–Kier alpha value is -3.23. The third-order valence-electron chi connectivity index (χ3n) is 5.92. The highest BCUT2D eigenvalue weighted by Gasteiger charge is 2.21. The number of aryl methyl sites for hydroxylation is 1. The van der Waals surface area contributed by atoms with Crippen LogP contribution in [0.5, 0.6) is 5.75 Å². The number of phenols is 1. The van der Waals surface area contributed by atoms with Gasteiger partial charge in [-0.25, -0.2) is 9.37 Å². The van der Waals surface area contributed by atoms with Gasteiger partial charge in [0.2, 0.25) is 0 Å². The average Bonchev–Trinajstić information content (AvgIpc) is 3.49. The van der Waals surface area contributed by atoms with Crippen LogP contribution in [0, 0.1) is 5.82 Å². The van der Waals surface area contributed by atoms with Gasteiger partial charge in [0.25, 0.3) is 0 Å². The van der Waals surface area contributed by atoms with Crippen LogP contribution < -0.4 is 0 Å². The Morgan fingerprint density at radius 3 is 2.90 bits per heavy atom. The fourth-order valence-electron chi connectivity index (χ4n) is 4.28. The summed E-state index contributed by atoms with van der Waals surface area (Å²) in [5.41, 5.74) is 4.94. The fraction of sp³-hybridized carbons (Fsp3) is 0.304. The number of aromatic hydroxyl groups is 1. The highest BCUT2D eigenvalue weighted by molar-refractivity contribution is 5.94. The molecule has 3 heterocycles. The Morgan fingerprint density at radius 2 is 2.13 bits per heavy atom. The van der Waals surface area contributed by atoms with Gasteiger partial charge in [0.05, 0.1) is 17.3 Å². The van der Waals surface area contributed by atoms with Crippen molar-refractivity contribution in [2.45, 2.75) is 32.4 Å². The lowest BCUT2D eigenvalue weighted by molar-refractivity contribution is 0.174. The lowest BCUT2D eigenvalue weighted by atomic mass is 9.96. The van der Waals surface area contributed by atoms with Crippen molar-refractivity contribution in [3.05, 3.63) is 53.6 Å². The van der Waals surface area contributed by atoms with E-state index in [1.54, 1.807) is 0 Å². The molecule has 1 aliphatic rings. The predicted octanol–water partition coefficient (Wildman–Crippen LogP) is 3.59. The zero-order valence-electron chi connectivity index (χ0n) is 17.2. The monoisotopic (exact) mass is 421 g/mol. The number of rotatable bonds is 5. The first-order chi connectivity index (χ1) is 15.0. The molecule has 0 unspecified atom stereocenters. The second-order valence-electron chi connectivity index (χ2n) is 8.06. The quantitative estimate of drug-likeness (QED) is 0.395. The zero-order valence-corrected chi connectivity index (χ0v) is 17.2. The molecule has 0 radical (unpaired) electrons. The minimum absolute atomic E-state index is 0.252. The van der Waals surface area contributed by atoms with Gasteiger partial charge in [0.1, 0.15) is 5.69 Å². The summed E-state index contributed by atoms with van der Waals surface area (Å²) in [4.78, 5) is 10.1. The number of nitrogens with zero attached hydrogens (tertiary/aromatic N) is 3. The number of likely N-dealkylation sites (tertiary alicyclic amines) is 1. The van der Waals surface area contributed by atoms with Crippen LogP contribution in [-0.4, -0.2) is 54.5 Å². The van der Waals surface area contributed by atoms with Gasteiger partial charge < -0.3 is 15.2 Å². The number of hydrogen-bond donors (Lipinski definition) is 4. The molecule has 0 aliphatic carbocycles. The average molecular weight is 421 g/mol. The Balaban J connectivity index is 1.45. The first-order valence-electron chi connectivity index (χ1n) is 10.5. The number of β-amino-alcohol motifs (C(OH)–C–C–N with tert-alkyl or cyclic N) is 1. The maximum atomic E-state index is 14.0. The van der Waals surface area contributed by atoms with Crippen molar-refractivity contribution >= 4 is 10.9 Å². The predicted molar refractivity (Wildman–Crippen MR) is 116 cm³/mol. The summed E-state index contributed by atoms with van der Waals surface area (Å²) in [6, 6.07) is 8.68. The third-order valence-corrected chi connectivity index (χ3v) is 5.92. The lowest BCUT2D eigenvalue weighted by Gasteiger charge is -2.12. The smallest absolute Gasteiger partial charge is 0.165 e. The van der Waals surface area contributed by atoms with Gasteiger partial charge in [-0.05, 0) is 53.8 Å². The molecule has 4 aromatic rings. The van der Waals surface area contributed by atoms with Crippen molar-refractivity contribution in [1.82, 2.24) is 25.1 Å². The molecule has 1 atom stereocenters. The van der Waals surface area contributed by atoms with Crippen LogP contribution in [0.4, 0.5) is 4.39 Å². The number of imidazole rings is 1. The van der Waals surface area contributed by atoms with E-state index in [2.05, 4.69) is 25.1 Å². The highest BCUT2D eigenvalue weighted by atomic mass is 19.1. The first kappa shape index (κ1) is 19.7. The molecule has 0 saturated carbocycles. The number of aliphatic hydroxyl groups is 1. The topological polar surface area (TPSA) is 101 Å². The van der Waals surface area contributed by atoms with E-state index in [0.717, 1.165) is 51.9 Å². The molecule has 31 heavy (non-hydrogen) atoms. The van der Waals surface area contributed by atoms with Gasteiger partial charge in [-0.1, -0.05) is 13.0 Å². The molecule has 2 aromatic carbocycles. The number of aliphatic hydroxyl groups excluding tert-OH is 1. The van der Waals surface area contributed by atoms with Crippen molar-refractivity contribution in [3.8, 4) is 28.4 Å². The molecule has 0 bridgehead atoms. The molecule has 2 aromatic heterocycles.